The van der Waals surface area contributed by atoms with Crippen molar-refractivity contribution in [3.8, 4) is 11.4 Å². The zero-order chi connectivity index (χ0) is 17.1. The molecule has 7 nitrogen and oxygen atoms in total. The molecule has 9 heteroatoms. The summed E-state index contributed by atoms with van der Waals surface area (Å²) in [5.41, 5.74) is 0.884. The van der Waals surface area contributed by atoms with Gasteiger partial charge in [-0.3, -0.25) is 0 Å². The molecule has 3 aromatic rings. The third-order valence-corrected chi connectivity index (χ3v) is 5.10. The molecule has 0 aliphatic carbocycles. The Balaban J connectivity index is 1.79. The van der Waals surface area contributed by atoms with E-state index in [9.17, 15) is 0 Å². The van der Waals surface area contributed by atoms with E-state index in [0.717, 1.165) is 28.7 Å². The molecule has 3 rings (SSSR count). The van der Waals surface area contributed by atoms with E-state index in [1.54, 1.807) is 0 Å². The maximum absolute atomic E-state index is 6.17. The molecule has 126 valence electrons. The van der Waals surface area contributed by atoms with Gasteiger partial charge >= 0.3 is 0 Å². The van der Waals surface area contributed by atoms with E-state index in [-0.39, 0.29) is 5.25 Å². The highest BCUT2D eigenvalue weighted by atomic mass is 79.9. The van der Waals surface area contributed by atoms with Gasteiger partial charge in [0.25, 0.3) is 0 Å². The highest BCUT2D eigenvalue weighted by molar-refractivity contribution is 9.10. The quantitative estimate of drug-likeness (QED) is 0.491. The maximum atomic E-state index is 6.17. The minimum Gasteiger partial charge on any atom is -0.338 e. The van der Waals surface area contributed by atoms with E-state index in [1.807, 2.05) is 31.2 Å². The Morgan fingerprint density at radius 1 is 1.33 bits per heavy atom. The summed E-state index contributed by atoms with van der Waals surface area (Å²) in [5, 5.41) is 12.9. The molecule has 0 aliphatic heterocycles. The molecule has 0 amide bonds. The Kier molecular flexibility index (Phi) is 5.20. The molecule has 1 unspecified atom stereocenters. The van der Waals surface area contributed by atoms with Gasteiger partial charge in [0.05, 0.1) is 5.25 Å². The topological polar surface area (TPSA) is 95.7 Å². The molecule has 0 radical (unpaired) electrons. The van der Waals surface area contributed by atoms with Crippen molar-refractivity contribution in [1.29, 1.82) is 0 Å². The van der Waals surface area contributed by atoms with Gasteiger partial charge in [-0.2, -0.15) is 4.98 Å². The van der Waals surface area contributed by atoms with E-state index < -0.39 is 0 Å². The Morgan fingerprint density at radius 2 is 2.12 bits per heavy atom. The molecule has 2 heterocycles. The number of halogens is 1. The number of nitrogen functional groups attached to an aromatic ring is 1. The lowest BCUT2D eigenvalue weighted by molar-refractivity contribution is 0.374. The molecule has 1 aromatic carbocycles. The van der Waals surface area contributed by atoms with Crippen molar-refractivity contribution in [1.82, 2.24) is 25.0 Å². The number of nitrogens with two attached hydrogens (primary N) is 1. The molecule has 2 N–H and O–H groups in total. The lowest BCUT2D eigenvalue weighted by atomic mass is 10.2. The number of nitrogens with zero attached hydrogens (tertiary/aromatic N) is 5. The van der Waals surface area contributed by atoms with Crippen molar-refractivity contribution in [3.05, 3.63) is 40.5 Å². The van der Waals surface area contributed by atoms with Crippen LogP contribution in [0.3, 0.4) is 0 Å². The lowest BCUT2D eigenvalue weighted by Gasteiger charge is -2.07. The smallest absolute Gasteiger partial charge is 0.239 e. The van der Waals surface area contributed by atoms with E-state index in [2.05, 4.69) is 43.2 Å². The van der Waals surface area contributed by atoms with E-state index >= 15 is 0 Å². The minimum atomic E-state index is -0.0679. The maximum Gasteiger partial charge on any atom is 0.239 e. The molecule has 0 saturated heterocycles. The van der Waals surface area contributed by atoms with Crippen LogP contribution < -0.4 is 5.84 Å². The number of benzene rings is 1. The highest BCUT2D eigenvalue weighted by Crippen LogP contribution is 2.34. The van der Waals surface area contributed by atoms with Gasteiger partial charge in [-0.05, 0) is 25.5 Å². The average Bonchev–Trinajstić information content (AvgIpc) is 3.17. The summed E-state index contributed by atoms with van der Waals surface area (Å²) >= 11 is 4.93. The van der Waals surface area contributed by atoms with Crippen LogP contribution in [0.25, 0.3) is 11.4 Å². The monoisotopic (exact) mass is 408 g/mol. The Morgan fingerprint density at radius 3 is 2.88 bits per heavy atom. The predicted octanol–water partition coefficient (Wildman–Crippen LogP) is 3.61. The Hall–Kier alpha value is -1.87. The van der Waals surface area contributed by atoms with Gasteiger partial charge < -0.3 is 10.4 Å². The number of rotatable bonds is 6. The zero-order valence-electron chi connectivity index (χ0n) is 13.3. The first-order valence-corrected chi connectivity index (χ1v) is 9.22. The first kappa shape index (κ1) is 17.0. The number of thioether (sulfide) groups is 1. The van der Waals surface area contributed by atoms with Crippen molar-refractivity contribution in [2.75, 3.05) is 5.84 Å². The van der Waals surface area contributed by atoms with E-state index in [1.165, 1.54) is 16.4 Å². The van der Waals surface area contributed by atoms with Crippen LogP contribution in [0.4, 0.5) is 0 Å². The Bertz CT molecular complexity index is 833. The van der Waals surface area contributed by atoms with Gasteiger partial charge in [0.15, 0.2) is 11.6 Å². The van der Waals surface area contributed by atoms with E-state index in [0.29, 0.717) is 16.9 Å². The van der Waals surface area contributed by atoms with Crippen LogP contribution in [0.5, 0.6) is 0 Å². The van der Waals surface area contributed by atoms with Gasteiger partial charge in [0.2, 0.25) is 11.0 Å². The van der Waals surface area contributed by atoms with Gasteiger partial charge in [0, 0.05) is 16.5 Å². The second-order valence-corrected chi connectivity index (χ2v) is 7.38. The van der Waals surface area contributed by atoms with Crippen LogP contribution in [0.2, 0.25) is 0 Å². The summed E-state index contributed by atoms with van der Waals surface area (Å²) in [5.74, 6) is 8.05. The van der Waals surface area contributed by atoms with Crippen molar-refractivity contribution < 1.29 is 4.52 Å². The van der Waals surface area contributed by atoms with Crippen molar-refractivity contribution in [3.63, 3.8) is 0 Å². The van der Waals surface area contributed by atoms with Gasteiger partial charge in [-0.25, -0.2) is 4.68 Å². The molecule has 0 spiro atoms. The third-order valence-electron chi connectivity index (χ3n) is 3.37. The summed E-state index contributed by atoms with van der Waals surface area (Å²) in [6, 6.07) is 7.74. The molecule has 0 saturated carbocycles. The van der Waals surface area contributed by atoms with Crippen LogP contribution >= 0.6 is 27.7 Å². The number of aromatic nitrogens is 5. The summed E-state index contributed by atoms with van der Waals surface area (Å²) in [6.07, 6.45) is 1.78. The van der Waals surface area contributed by atoms with Crippen LogP contribution in [0, 0.1) is 0 Å². The van der Waals surface area contributed by atoms with Crippen molar-refractivity contribution >= 4 is 27.7 Å². The second kappa shape index (κ2) is 7.35. The van der Waals surface area contributed by atoms with Crippen molar-refractivity contribution in [2.45, 2.75) is 37.1 Å². The van der Waals surface area contributed by atoms with E-state index in [4.69, 9.17) is 10.4 Å². The first-order chi connectivity index (χ1) is 11.6. The largest absolute Gasteiger partial charge is 0.338 e. The molecule has 0 bridgehead atoms. The normalized spacial score (nSPS) is 12.5. The predicted molar refractivity (Wildman–Crippen MR) is 95.9 cm³/mol. The van der Waals surface area contributed by atoms with Gasteiger partial charge in [0.1, 0.15) is 0 Å². The molecular weight excluding hydrogens is 392 g/mol. The van der Waals surface area contributed by atoms with Crippen LogP contribution in [-0.4, -0.2) is 25.0 Å². The van der Waals surface area contributed by atoms with Gasteiger partial charge in [-0.1, -0.05) is 51.9 Å². The highest BCUT2D eigenvalue weighted by Gasteiger charge is 2.21. The lowest BCUT2D eigenvalue weighted by Crippen LogP contribution is -2.12. The van der Waals surface area contributed by atoms with Crippen molar-refractivity contribution in [2.24, 2.45) is 0 Å². The number of aryl methyl sites for hydroxylation is 1. The Labute approximate surface area is 152 Å². The van der Waals surface area contributed by atoms with Crippen LogP contribution in [-0.2, 0) is 6.42 Å². The molecule has 0 aliphatic rings. The molecule has 2 aromatic heterocycles. The zero-order valence-corrected chi connectivity index (χ0v) is 15.7. The summed E-state index contributed by atoms with van der Waals surface area (Å²) < 4.78 is 7.70. The van der Waals surface area contributed by atoms with Crippen LogP contribution in [0.1, 0.15) is 37.2 Å². The number of hydrogen-bond acceptors (Lipinski definition) is 7. The summed E-state index contributed by atoms with van der Waals surface area (Å²) in [7, 11) is 0. The summed E-state index contributed by atoms with van der Waals surface area (Å²) in [4.78, 5) is 4.40. The summed E-state index contributed by atoms with van der Waals surface area (Å²) in [6.45, 7) is 4.05. The third kappa shape index (κ3) is 3.46. The molecule has 1 atom stereocenters. The first-order valence-electron chi connectivity index (χ1n) is 7.54. The molecule has 0 fully saturated rings. The SMILES string of the molecule is CCCc1noc(C(C)Sc2nnc(-c3ccccc3Br)n2N)n1. The van der Waals surface area contributed by atoms with Gasteiger partial charge in [-0.15, -0.1) is 10.2 Å². The fourth-order valence-electron chi connectivity index (χ4n) is 2.15. The minimum absolute atomic E-state index is 0.0679. The fourth-order valence-corrected chi connectivity index (χ4v) is 3.41. The molecule has 24 heavy (non-hydrogen) atoms. The van der Waals surface area contributed by atoms with Crippen LogP contribution in [0.15, 0.2) is 38.4 Å². The molecular formula is C15H17BrN6OS. The fraction of sp³-hybridized carbons (Fsp3) is 0.333. The average molecular weight is 409 g/mol. The standard InChI is InChI=1S/C15H17BrN6OS/c1-3-6-12-18-14(23-21-12)9(2)24-15-20-19-13(22(15)17)10-7-4-5-8-11(10)16/h4-5,7-9H,3,6,17H2,1-2H3. The second-order valence-electron chi connectivity index (χ2n) is 5.21. The number of hydrogen-bond donors (Lipinski definition) is 1.